The average Bonchev–Trinajstić information content (AvgIpc) is 3.10. The van der Waals surface area contributed by atoms with Gasteiger partial charge in [-0.15, -0.1) is 0 Å². The summed E-state index contributed by atoms with van der Waals surface area (Å²) >= 11 is 0. The molecule has 0 spiro atoms. The number of rotatable bonds is 3. The van der Waals surface area contributed by atoms with E-state index in [2.05, 4.69) is 46.2 Å². The molecule has 0 atom stereocenters. The van der Waals surface area contributed by atoms with Crippen LogP contribution in [0.2, 0.25) is 0 Å². The molecule has 0 saturated heterocycles. The molecule has 3 heterocycles. The fourth-order valence-corrected chi connectivity index (χ4v) is 4.07. The Balaban J connectivity index is 1.44. The summed E-state index contributed by atoms with van der Waals surface area (Å²) in [6, 6.07) is 13.9. The van der Waals surface area contributed by atoms with Crippen molar-refractivity contribution in [3.63, 3.8) is 0 Å². The summed E-state index contributed by atoms with van der Waals surface area (Å²) in [6.07, 6.45) is 2.80. The lowest BCUT2D eigenvalue weighted by molar-refractivity contribution is 0.241. The molecule has 0 aliphatic carbocycles. The van der Waals surface area contributed by atoms with Crippen molar-refractivity contribution in [2.24, 2.45) is 0 Å². The van der Waals surface area contributed by atoms with Crippen LogP contribution in [0.25, 0.3) is 22.3 Å². The van der Waals surface area contributed by atoms with Crippen LogP contribution in [-0.2, 0) is 19.5 Å². The molecule has 29 heavy (non-hydrogen) atoms. The molecule has 0 radical (unpaired) electrons. The van der Waals surface area contributed by atoms with Gasteiger partial charge in [0.25, 0.3) is 5.56 Å². The van der Waals surface area contributed by atoms with Crippen LogP contribution in [0.5, 0.6) is 0 Å². The van der Waals surface area contributed by atoms with Crippen molar-refractivity contribution in [1.82, 2.24) is 19.9 Å². The van der Waals surface area contributed by atoms with Crippen molar-refractivity contribution in [1.29, 1.82) is 0 Å². The summed E-state index contributed by atoms with van der Waals surface area (Å²) in [7, 11) is 0. The Bertz CT molecular complexity index is 1250. The van der Waals surface area contributed by atoms with E-state index >= 15 is 0 Å². The van der Waals surface area contributed by atoms with Gasteiger partial charge in [0, 0.05) is 53.5 Å². The van der Waals surface area contributed by atoms with Gasteiger partial charge in [-0.2, -0.15) is 0 Å². The summed E-state index contributed by atoms with van der Waals surface area (Å²) in [5, 5.41) is 1.26. The first kappa shape index (κ1) is 17.7. The van der Waals surface area contributed by atoms with E-state index in [-0.39, 0.29) is 5.56 Å². The summed E-state index contributed by atoms with van der Waals surface area (Å²) < 4.78 is 0. The first-order chi connectivity index (χ1) is 14.1. The maximum atomic E-state index is 12.6. The van der Waals surface area contributed by atoms with E-state index in [4.69, 9.17) is 10.7 Å². The highest BCUT2D eigenvalue weighted by Gasteiger charge is 2.22. The Labute approximate surface area is 168 Å². The van der Waals surface area contributed by atoms with Gasteiger partial charge in [-0.05, 0) is 55.3 Å². The minimum absolute atomic E-state index is 0.0378. The maximum Gasteiger partial charge on any atom is 0.254 e. The van der Waals surface area contributed by atoms with E-state index in [0.717, 1.165) is 35.4 Å². The monoisotopic (exact) mass is 385 g/mol. The third-order valence-corrected chi connectivity index (χ3v) is 5.65. The van der Waals surface area contributed by atoms with Gasteiger partial charge < -0.3 is 15.7 Å². The molecule has 0 unspecified atom stereocenters. The van der Waals surface area contributed by atoms with Crippen LogP contribution in [0.4, 0.5) is 5.69 Å². The summed E-state index contributed by atoms with van der Waals surface area (Å²) in [6.45, 7) is 4.45. The molecule has 146 valence electrons. The molecule has 5 rings (SSSR count). The smallest absolute Gasteiger partial charge is 0.254 e. The molecule has 0 bridgehead atoms. The molecule has 1 aliphatic heterocycles. The number of aromatic amines is 2. The van der Waals surface area contributed by atoms with Crippen LogP contribution in [0.15, 0.2) is 53.5 Å². The van der Waals surface area contributed by atoms with Crippen LogP contribution in [0.1, 0.15) is 22.4 Å². The normalized spacial score (nSPS) is 14.2. The molecule has 0 fully saturated rings. The maximum absolute atomic E-state index is 12.6. The fraction of sp³-hybridized carbons (Fsp3) is 0.217. The largest absolute Gasteiger partial charge is 0.399 e. The molecule has 4 aromatic rings. The number of aryl methyl sites for hydroxylation is 1. The summed E-state index contributed by atoms with van der Waals surface area (Å²) in [5.74, 6) is 0.596. The molecular weight excluding hydrogens is 362 g/mol. The molecule has 0 amide bonds. The van der Waals surface area contributed by atoms with Gasteiger partial charge in [-0.25, -0.2) is 4.98 Å². The fourth-order valence-electron chi connectivity index (χ4n) is 4.07. The molecule has 0 saturated carbocycles. The second-order valence-corrected chi connectivity index (χ2v) is 7.79. The van der Waals surface area contributed by atoms with E-state index in [1.807, 2.05) is 24.3 Å². The van der Waals surface area contributed by atoms with E-state index in [0.29, 0.717) is 24.5 Å². The highest BCUT2D eigenvalue weighted by atomic mass is 16.1. The van der Waals surface area contributed by atoms with E-state index in [9.17, 15) is 4.79 Å². The zero-order valence-corrected chi connectivity index (χ0v) is 16.3. The molecule has 2 aromatic carbocycles. The number of H-pyrrole nitrogens is 2. The van der Waals surface area contributed by atoms with Gasteiger partial charge >= 0.3 is 0 Å². The number of hydrogen-bond donors (Lipinski definition) is 3. The lowest BCUT2D eigenvalue weighted by atomic mass is 10.0. The second-order valence-electron chi connectivity index (χ2n) is 7.79. The Morgan fingerprint density at radius 1 is 1.17 bits per heavy atom. The highest BCUT2D eigenvalue weighted by Crippen LogP contribution is 2.24. The Kier molecular flexibility index (Phi) is 4.21. The molecule has 4 N–H and O–H groups in total. The Hall–Kier alpha value is -3.38. The number of nitrogens with two attached hydrogens (primary N) is 1. The van der Waals surface area contributed by atoms with Gasteiger partial charge in [-0.3, -0.25) is 9.69 Å². The van der Waals surface area contributed by atoms with Gasteiger partial charge in [0.05, 0.1) is 5.69 Å². The molecule has 6 heteroatoms. The standard InChI is InChI=1S/C23H23N5O/c1-14-2-7-20-19(10-14)16(11-25-20)12-28-9-8-18-21(13-28)26-22(27-23(18)29)15-3-5-17(24)6-4-15/h2-7,10-11,25H,8-9,12-13,24H2,1H3,(H,26,27,29). The molecular formula is C23H23N5O. The van der Waals surface area contributed by atoms with Crippen molar-refractivity contribution >= 4 is 16.6 Å². The topological polar surface area (TPSA) is 90.8 Å². The first-order valence-electron chi connectivity index (χ1n) is 9.84. The average molecular weight is 385 g/mol. The second kappa shape index (κ2) is 6.90. The van der Waals surface area contributed by atoms with Crippen molar-refractivity contribution in [2.45, 2.75) is 26.4 Å². The lowest BCUT2D eigenvalue weighted by Crippen LogP contribution is -2.35. The summed E-state index contributed by atoms with van der Waals surface area (Å²) in [4.78, 5) is 26.0. The van der Waals surface area contributed by atoms with Gasteiger partial charge in [-0.1, -0.05) is 11.6 Å². The van der Waals surface area contributed by atoms with E-state index in [1.54, 1.807) is 0 Å². The van der Waals surface area contributed by atoms with Gasteiger partial charge in [0.1, 0.15) is 5.82 Å². The highest BCUT2D eigenvalue weighted by molar-refractivity contribution is 5.83. The van der Waals surface area contributed by atoms with Crippen molar-refractivity contribution in [2.75, 3.05) is 12.3 Å². The number of hydrogen-bond acceptors (Lipinski definition) is 4. The van der Waals surface area contributed by atoms with Crippen LogP contribution < -0.4 is 11.3 Å². The zero-order chi connectivity index (χ0) is 20.0. The predicted octanol–water partition coefficient (Wildman–Crippen LogP) is 3.37. The third-order valence-electron chi connectivity index (χ3n) is 5.65. The molecule has 6 nitrogen and oxygen atoms in total. The number of fused-ring (bicyclic) bond motifs is 2. The molecule has 1 aliphatic rings. The lowest BCUT2D eigenvalue weighted by Gasteiger charge is -2.27. The van der Waals surface area contributed by atoms with Gasteiger partial charge in [0.15, 0.2) is 0 Å². The van der Waals surface area contributed by atoms with Crippen molar-refractivity contribution in [3.05, 3.63) is 81.4 Å². The minimum atomic E-state index is -0.0378. The minimum Gasteiger partial charge on any atom is -0.399 e. The summed E-state index contributed by atoms with van der Waals surface area (Å²) in [5.41, 5.74) is 12.6. The third kappa shape index (κ3) is 3.32. The van der Waals surface area contributed by atoms with Crippen LogP contribution in [0, 0.1) is 6.92 Å². The molecule has 2 aromatic heterocycles. The Morgan fingerprint density at radius 3 is 2.83 bits per heavy atom. The van der Waals surface area contributed by atoms with Gasteiger partial charge in [0.2, 0.25) is 0 Å². The number of nitrogens with one attached hydrogen (secondary N) is 2. The number of benzene rings is 2. The van der Waals surface area contributed by atoms with E-state index in [1.165, 1.54) is 16.5 Å². The zero-order valence-electron chi connectivity index (χ0n) is 16.3. The number of aromatic nitrogens is 3. The number of nitrogens with zero attached hydrogens (tertiary/aromatic N) is 2. The van der Waals surface area contributed by atoms with Crippen molar-refractivity contribution < 1.29 is 0 Å². The van der Waals surface area contributed by atoms with Crippen LogP contribution in [0.3, 0.4) is 0 Å². The Morgan fingerprint density at radius 2 is 2.00 bits per heavy atom. The SMILES string of the molecule is Cc1ccc2[nH]cc(CN3CCc4c(nc(-c5ccc(N)cc5)[nH]c4=O)C3)c2c1. The van der Waals surface area contributed by atoms with E-state index < -0.39 is 0 Å². The number of nitrogen functional groups attached to an aromatic ring is 1. The van der Waals surface area contributed by atoms with Crippen LogP contribution >= 0.6 is 0 Å². The first-order valence-corrected chi connectivity index (χ1v) is 9.84. The predicted molar refractivity (Wildman–Crippen MR) is 116 cm³/mol. The van der Waals surface area contributed by atoms with Crippen LogP contribution in [-0.4, -0.2) is 26.4 Å². The van der Waals surface area contributed by atoms with Crippen molar-refractivity contribution in [3.8, 4) is 11.4 Å². The quantitative estimate of drug-likeness (QED) is 0.472. The number of anilines is 1.